The molecule has 6 nitrogen and oxygen atoms in total. The molecule has 20 heavy (non-hydrogen) atoms. The number of nitrogens with two attached hydrogens (primary N) is 1. The highest BCUT2D eigenvalue weighted by atomic mass is 15.3. The zero-order valence-electron chi connectivity index (χ0n) is 11.4. The summed E-state index contributed by atoms with van der Waals surface area (Å²) < 4.78 is 1.85. The molecule has 2 N–H and O–H groups in total. The van der Waals surface area contributed by atoms with E-state index < -0.39 is 0 Å². The molecule has 0 saturated carbocycles. The lowest BCUT2D eigenvalue weighted by Gasteiger charge is -2.26. The molecule has 1 aromatic carbocycles. The number of benzene rings is 1. The smallest absolute Gasteiger partial charge is 0.203 e. The van der Waals surface area contributed by atoms with Gasteiger partial charge in [-0.3, -0.25) is 4.40 Å². The van der Waals surface area contributed by atoms with Crippen LogP contribution in [0.2, 0.25) is 0 Å². The molecule has 0 radical (unpaired) electrons. The number of nitrogens with zero attached hydrogens (tertiary/aromatic N) is 5. The SMILES string of the molecule is CC(c1cccc(N)c1)N(C)c1nccn2cnnc12. The topological polar surface area (TPSA) is 72.3 Å². The molecule has 0 spiro atoms. The van der Waals surface area contributed by atoms with E-state index in [0.717, 1.165) is 22.7 Å². The summed E-state index contributed by atoms with van der Waals surface area (Å²) in [5, 5.41) is 8.03. The first kappa shape index (κ1) is 12.4. The van der Waals surface area contributed by atoms with Crippen LogP contribution >= 0.6 is 0 Å². The average molecular weight is 268 g/mol. The van der Waals surface area contributed by atoms with Crippen LogP contribution in [-0.2, 0) is 0 Å². The van der Waals surface area contributed by atoms with Gasteiger partial charge in [0.2, 0.25) is 5.65 Å². The third kappa shape index (κ3) is 2.05. The standard InChI is InChI=1S/C14H16N6/c1-10(11-4-3-5-12(15)8-11)19(2)13-14-18-17-9-20(14)7-6-16-13/h3-10H,15H2,1-2H3. The highest BCUT2D eigenvalue weighted by Crippen LogP contribution is 2.26. The van der Waals surface area contributed by atoms with Crippen molar-refractivity contribution in [1.82, 2.24) is 19.6 Å². The molecule has 1 unspecified atom stereocenters. The van der Waals surface area contributed by atoms with Gasteiger partial charge < -0.3 is 10.6 Å². The summed E-state index contributed by atoms with van der Waals surface area (Å²) in [6.45, 7) is 2.11. The molecular weight excluding hydrogens is 252 g/mol. The van der Waals surface area contributed by atoms with Crippen LogP contribution in [0.15, 0.2) is 43.0 Å². The fourth-order valence-corrected chi connectivity index (χ4v) is 2.22. The van der Waals surface area contributed by atoms with E-state index in [-0.39, 0.29) is 6.04 Å². The maximum absolute atomic E-state index is 5.85. The largest absolute Gasteiger partial charge is 0.399 e. The Hall–Kier alpha value is -2.63. The zero-order chi connectivity index (χ0) is 14.1. The summed E-state index contributed by atoms with van der Waals surface area (Å²) in [5.74, 6) is 0.792. The van der Waals surface area contributed by atoms with E-state index in [0.29, 0.717) is 0 Å². The lowest BCUT2D eigenvalue weighted by Crippen LogP contribution is -2.23. The van der Waals surface area contributed by atoms with Crippen molar-refractivity contribution in [3.8, 4) is 0 Å². The lowest BCUT2D eigenvalue weighted by atomic mass is 10.1. The molecular formula is C14H16N6. The Kier molecular flexibility index (Phi) is 2.98. The average Bonchev–Trinajstić information content (AvgIpc) is 2.94. The van der Waals surface area contributed by atoms with Gasteiger partial charge in [-0.2, -0.15) is 0 Å². The maximum atomic E-state index is 5.85. The van der Waals surface area contributed by atoms with Gasteiger partial charge in [0.05, 0.1) is 6.04 Å². The van der Waals surface area contributed by atoms with Crippen molar-refractivity contribution in [2.45, 2.75) is 13.0 Å². The monoisotopic (exact) mass is 268 g/mol. The minimum Gasteiger partial charge on any atom is -0.399 e. The van der Waals surface area contributed by atoms with E-state index in [1.807, 2.05) is 35.8 Å². The maximum Gasteiger partial charge on any atom is 0.203 e. The van der Waals surface area contributed by atoms with Crippen molar-refractivity contribution in [1.29, 1.82) is 0 Å². The molecule has 0 bridgehead atoms. The van der Waals surface area contributed by atoms with E-state index in [9.17, 15) is 0 Å². The first-order valence-electron chi connectivity index (χ1n) is 6.39. The summed E-state index contributed by atoms with van der Waals surface area (Å²) in [7, 11) is 1.99. The molecule has 2 heterocycles. The van der Waals surface area contributed by atoms with Gasteiger partial charge in [-0.05, 0) is 24.6 Å². The van der Waals surface area contributed by atoms with Gasteiger partial charge in [0.15, 0.2) is 5.82 Å². The van der Waals surface area contributed by atoms with Crippen molar-refractivity contribution in [2.24, 2.45) is 0 Å². The minimum absolute atomic E-state index is 0.133. The van der Waals surface area contributed by atoms with Crippen LogP contribution in [0.1, 0.15) is 18.5 Å². The molecule has 3 aromatic rings. The van der Waals surface area contributed by atoms with E-state index in [1.54, 1.807) is 12.5 Å². The van der Waals surface area contributed by atoms with Crippen molar-refractivity contribution >= 4 is 17.2 Å². The number of rotatable bonds is 3. The van der Waals surface area contributed by atoms with Gasteiger partial charge in [-0.25, -0.2) is 4.98 Å². The third-order valence-corrected chi connectivity index (χ3v) is 3.51. The Morgan fingerprint density at radius 1 is 1.35 bits per heavy atom. The summed E-state index contributed by atoms with van der Waals surface area (Å²) in [6.07, 6.45) is 5.24. The number of aromatic nitrogens is 4. The second kappa shape index (κ2) is 4.80. The van der Waals surface area contributed by atoms with Gasteiger partial charge in [0.1, 0.15) is 6.33 Å². The molecule has 0 fully saturated rings. The number of fused-ring (bicyclic) bond motifs is 1. The summed E-state index contributed by atoms with van der Waals surface area (Å²) in [4.78, 5) is 6.49. The Balaban J connectivity index is 1.99. The summed E-state index contributed by atoms with van der Waals surface area (Å²) >= 11 is 0. The summed E-state index contributed by atoms with van der Waals surface area (Å²) in [6, 6.07) is 8.01. The first-order chi connectivity index (χ1) is 9.66. The molecule has 1 atom stereocenters. The van der Waals surface area contributed by atoms with Crippen LogP contribution in [0, 0.1) is 0 Å². The van der Waals surface area contributed by atoms with E-state index >= 15 is 0 Å². The molecule has 6 heteroatoms. The quantitative estimate of drug-likeness (QED) is 0.734. The van der Waals surface area contributed by atoms with Crippen molar-refractivity contribution in [3.63, 3.8) is 0 Å². The Labute approximate surface area is 116 Å². The third-order valence-electron chi connectivity index (χ3n) is 3.51. The number of nitrogen functional groups attached to an aromatic ring is 1. The van der Waals surface area contributed by atoms with Crippen LogP contribution < -0.4 is 10.6 Å². The predicted octanol–water partition coefficient (Wildman–Crippen LogP) is 1.90. The highest BCUT2D eigenvalue weighted by molar-refractivity contribution is 5.63. The van der Waals surface area contributed by atoms with Crippen molar-refractivity contribution in [2.75, 3.05) is 17.7 Å². The Bertz CT molecular complexity index is 735. The van der Waals surface area contributed by atoms with E-state index in [2.05, 4.69) is 33.1 Å². The Morgan fingerprint density at radius 2 is 2.20 bits per heavy atom. The fraction of sp³-hybridized carbons (Fsp3) is 0.214. The minimum atomic E-state index is 0.133. The van der Waals surface area contributed by atoms with Crippen LogP contribution in [0.5, 0.6) is 0 Å². The second-order valence-corrected chi connectivity index (χ2v) is 4.77. The van der Waals surface area contributed by atoms with E-state index in [4.69, 9.17) is 5.73 Å². The summed E-state index contributed by atoms with van der Waals surface area (Å²) in [5.41, 5.74) is 8.49. The molecule has 2 aromatic heterocycles. The second-order valence-electron chi connectivity index (χ2n) is 4.77. The van der Waals surface area contributed by atoms with Crippen LogP contribution in [0.25, 0.3) is 5.65 Å². The van der Waals surface area contributed by atoms with Gasteiger partial charge >= 0.3 is 0 Å². The molecule has 0 aliphatic rings. The molecule has 0 aliphatic carbocycles. The lowest BCUT2D eigenvalue weighted by molar-refractivity contribution is 0.728. The highest BCUT2D eigenvalue weighted by Gasteiger charge is 2.17. The zero-order valence-corrected chi connectivity index (χ0v) is 11.4. The van der Waals surface area contributed by atoms with Gasteiger partial charge in [0.25, 0.3) is 0 Å². The number of hydrogen-bond acceptors (Lipinski definition) is 5. The van der Waals surface area contributed by atoms with Crippen molar-refractivity contribution in [3.05, 3.63) is 48.5 Å². The van der Waals surface area contributed by atoms with Crippen LogP contribution in [0.4, 0.5) is 11.5 Å². The fourth-order valence-electron chi connectivity index (χ4n) is 2.22. The molecule has 0 aliphatic heterocycles. The number of anilines is 2. The van der Waals surface area contributed by atoms with E-state index in [1.165, 1.54) is 0 Å². The predicted molar refractivity (Wildman–Crippen MR) is 78.5 cm³/mol. The first-order valence-corrected chi connectivity index (χ1v) is 6.39. The Morgan fingerprint density at radius 3 is 3.00 bits per heavy atom. The van der Waals surface area contributed by atoms with Gasteiger partial charge in [-0.1, -0.05) is 12.1 Å². The molecule has 0 saturated heterocycles. The molecule has 3 rings (SSSR count). The van der Waals surface area contributed by atoms with Gasteiger partial charge in [0, 0.05) is 25.1 Å². The van der Waals surface area contributed by atoms with Crippen LogP contribution in [-0.4, -0.2) is 26.6 Å². The molecule has 102 valence electrons. The van der Waals surface area contributed by atoms with Gasteiger partial charge in [-0.15, -0.1) is 10.2 Å². The van der Waals surface area contributed by atoms with Crippen molar-refractivity contribution < 1.29 is 0 Å². The number of hydrogen-bond donors (Lipinski definition) is 1. The molecule has 0 amide bonds. The van der Waals surface area contributed by atoms with Crippen LogP contribution in [0.3, 0.4) is 0 Å². The normalized spacial score (nSPS) is 12.5.